The van der Waals surface area contributed by atoms with Gasteiger partial charge in [0.25, 0.3) is 10.0 Å². The summed E-state index contributed by atoms with van der Waals surface area (Å²) in [7, 11) is -3.53. The summed E-state index contributed by atoms with van der Waals surface area (Å²) in [4.78, 5) is 0. The van der Waals surface area contributed by atoms with E-state index in [1.54, 1.807) is 50.6 Å². The van der Waals surface area contributed by atoms with Crippen molar-refractivity contribution in [3.8, 4) is 0 Å². The Morgan fingerprint density at radius 2 is 1.86 bits per heavy atom. The lowest BCUT2D eigenvalue weighted by molar-refractivity contribution is 0.0519. The average molecular weight is 332 g/mol. The summed E-state index contributed by atoms with van der Waals surface area (Å²) in [6.07, 6.45) is 0. The SMILES string of the molecule is CC1(C)OC(NI)=NS(=O)(=O)C1(C)C. The molecule has 7 heteroatoms. The summed E-state index contributed by atoms with van der Waals surface area (Å²) in [6, 6.07) is 0.0370. The molecule has 1 aliphatic heterocycles. The lowest BCUT2D eigenvalue weighted by Gasteiger charge is -2.41. The summed E-state index contributed by atoms with van der Waals surface area (Å²) in [5.74, 6) is 0. The van der Waals surface area contributed by atoms with E-state index < -0.39 is 20.4 Å². The molecule has 0 radical (unpaired) electrons. The Hall–Kier alpha value is -0.0500. The largest absolute Gasteiger partial charge is 0.456 e. The van der Waals surface area contributed by atoms with Crippen molar-refractivity contribution in [2.75, 3.05) is 0 Å². The van der Waals surface area contributed by atoms with Crippen LogP contribution < -0.4 is 3.53 Å². The van der Waals surface area contributed by atoms with Gasteiger partial charge in [-0.3, -0.25) is 3.53 Å². The Morgan fingerprint density at radius 3 is 2.21 bits per heavy atom. The monoisotopic (exact) mass is 332 g/mol. The van der Waals surface area contributed by atoms with E-state index in [0.717, 1.165) is 0 Å². The van der Waals surface area contributed by atoms with Gasteiger partial charge in [0.1, 0.15) is 10.3 Å². The molecule has 0 saturated heterocycles. The Balaban J connectivity index is 3.34. The molecule has 0 amide bonds. The molecule has 5 nitrogen and oxygen atoms in total. The van der Waals surface area contributed by atoms with Crippen molar-refractivity contribution in [1.29, 1.82) is 0 Å². The molecular formula is C7H13IN2O3S. The van der Waals surface area contributed by atoms with Crippen LogP contribution in [0.2, 0.25) is 0 Å². The number of hydrogen-bond acceptors (Lipinski definition) is 4. The molecule has 0 atom stereocenters. The first-order chi connectivity index (χ1) is 6.14. The highest BCUT2D eigenvalue weighted by atomic mass is 127. The van der Waals surface area contributed by atoms with Gasteiger partial charge in [-0.05, 0) is 27.7 Å². The second kappa shape index (κ2) is 3.22. The van der Waals surface area contributed by atoms with Gasteiger partial charge in [0.05, 0.1) is 22.9 Å². The molecule has 1 rings (SSSR count). The number of rotatable bonds is 0. The van der Waals surface area contributed by atoms with Crippen LogP contribution in [0.1, 0.15) is 27.7 Å². The summed E-state index contributed by atoms with van der Waals surface area (Å²) in [5, 5.41) is 0. The molecule has 0 aromatic carbocycles. The van der Waals surface area contributed by atoms with Crippen molar-refractivity contribution in [3.05, 3.63) is 0 Å². The maximum absolute atomic E-state index is 11.8. The van der Waals surface area contributed by atoms with Crippen LogP contribution in [0.3, 0.4) is 0 Å². The van der Waals surface area contributed by atoms with Crippen molar-refractivity contribution in [2.45, 2.75) is 38.0 Å². The van der Waals surface area contributed by atoms with Gasteiger partial charge in [-0.15, -0.1) is 4.40 Å². The van der Waals surface area contributed by atoms with Crippen LogP contribution in [0.4, 0.5) is 0 Å². The third-order valence-corrected chi connectivity index (χ3v) is 5.38. The quantitative estimate of drug-likeness (QED) is 0.535. The highest BCUT2D eigenvalue weighted by molar-refractivity contribution is 14.1. The van der Waals surface area contributed by atoms with Crippen LogP contribution in [0.25, 0.3) is 0 Å². The molecular weight excluding hydrogens is 319 g/mol. The molecule has 0 spiro atoms. The predicted molar refractivity (Wildman–Crippen MR) is 62.8 cm³/mol. The number of nitrogens with one attached hydrogen (secondary N) is 1. The number of sulfonamides is 1. The van der Waals surface area contributed by atoms with Gasteiger partial charge in [0.2, 0.25) is 0 Å². The average Bonchev–Trinajstić information content (AvgIpc) is 1.99. The van der Waals surface area contributed by atoms with Crippen LogP contribution in [0.15, 0.2) is 4.40 Å². The molecule has 0 aromatic rings. The van der Waals surface area contributed by atoms with Gasteiger partial charge in [-0.25, -0.2) is 8.42 Å². The second-order valence-corrected chi connectivity index (χ2v) is 6.78. The van der Waals surface area contributed by atoms with Crippen molar-refractivity contribution in [2.24, 2.45) is 4.40 Å². The zero-order valence-electron chi connectivity index (χ0n) is 8.46. The molecule has 0 unspecified atom stereocenters. The number of hydrogen-bond donors (Lipinski definition) is 1. The number of nitrogens with zero attached hydrogens (tertiary/aromatic N) is 1. The van der Waals surface area contributed by atoms with Gasteiger partial charge in [0.15, 0.2) is 0 Å². The highest BCUT2D eigenvalue weighted by Gasteiger charge is 2.53. The zero-order valence-corrected chi connectivity index (χ0v) is 11.4. The van der Waals surface area contributed by atoms with Crippen molar-refractivity contribution < 1.29 is 13.2 Å². The lowest BCUT2D eigenvalue weighted by Crippen LogP contribution is -2.57. The Kier molecular flexibility index (Phi) is 2.77. The van der Waals surface area contributed by atoms with Gasteiger partial charge < -0.3 is 4.74 Å². The van der Waals surface area contributed by atoms with E-state index in [4.69, 9.17) is 4.74 Å². The molecule has 0 fully saturated rings. The standard InChI is InChI=1S/C7H13IN2O3S/c1-6(2)7(3,4)14(11,12)10-5(9-8)13-6/h1-4H3,(H,9,10). The van der Waals surface area contributed by atoms with Gasteiger partial charge in [-0.2, -0.15) is 0 Å². The van der Waals surface area contributed by atoms with Gasteiger partial charge >= 0.3 is 6.02 Å². The van der Waals surface area contributed by atoms with Gasteiger partial charge in [-0.1, -0.05) is 0 Å². The first kappa shape index (κ1) is 12.0. The molecule has 1 heterocycles. The first-order valence-electron chi connectivity index (χ1n) is 4.04. The van der Waals surface area contributed by atoms with Gasteiger partial charge in [0, 0.05) is 0 Å². The van der Waals surface area contributed by atoms with Crippen LogP contribution in [0.5, 0.6) is 0 Å². The summed E-state index contributed by atoms with van der Waals surface area (Å²) < 4.78 is 34.1. The molecule has 82 valence electrons. The maximum atomic E-state index is 11.8. The fourth-order valence-electron chi connectivity index (χ4n) is 0.954. The van der Waals surface area contributed by atoms with Crippen molar-refractivity contribution in [3.63, 3.8) is 0 Å². The molecule has 0 aliphatic carbocycles. The summed E-state index contributed by atoms with van der Waals surface area (Å²) >= 11 is 1.78. The van der Waals surface area contributed by atoms with E-state index in [0.29, 0.717) is 0 Å². The minimum Gasteiger partial charge on any atom is -0.456 e. The number of halogens is 1. The second-order valence-electron chi connectivity index (χ2n) is 4.09. The zero-order chi connectivity index (χ0) is 11.2. The fraction of sp³-hybridized carbons (Fsp3) is 0.857. The Bertz CT molecular complexity index is 372. The van der Waals surface area contributed by atoms with E-state index in [2.05, 4.69) is 7.93 Å². The molecule has 0 saturated carbocycles. The first-order valence-corrected chi connectivity index (χ1v) is 6.56. The minimum atomic E-state index is -3.53. The third kappa shape index (κ3) is 1.60. The van der Waals surface area contributed by atoms with Crippen LogP contribution in [-0.2, 0) is 14.8 Å². The lowest BCUT2D eigenvalue weighted by atomic mass is 9.93. The van der Waals surface area contributed by atoms with E-state index in [1.807, 2.05) is 0 Å². The molecule has 1 N–H and O–H groups in total. The highest BCUT2D eigenvalue weighted by Crippen LogP contribution is 2.37. The molecule has 14 heavy (non-hydrogen) atoms. The predicted octanol–water partition coefficient (Wildman–Crippen LogP) is 1.20. The topological polar surface area (TPSA) is 67.8 Å². The van der Waals surface area contributed by atoms with Crippen LogP contribution in [-0.4, -0.2) is 24.8 Å². The van der Waals surface area contributed by atoms with Crippen LogP contribution >= 0.6 is 22.9 Å². The van der Waals surface area contributed by atoms with E-state index in [1.165, 1.54) is 0 Å². The Morgan fingerprint density at radius 1 is 1.36 bits per heavy atom. The number of amidine groups is 1. The molecule has 1 aliphatic rings. The van der Waals surface area contributed by atoms with E-state index in [9.17, 15) is 8.42 Å². The fourth-order valence-corrected chi connectivity index (χ4v) is 2.54. The maximum Gasteiger partial charge on any atom is 0.310 e. The Labute approximate surface area is 97.9 Å². The third-order valence-electron chi connectivity index (χ3n) is 2.73. The summed E-state index contributed by atoms with van der Waals surface area (Å²) in [6.45, 7) is 6.67. The van der Waals surface area contributed by atoms with Crippen molar-refractivity contribution >= 4 is 38.9 Å². The van der Waals surface area contributed by atoms with E-state index in [-0.39, 0.29) is 6.02 Å². The minimum absolute atomic E-state index is 0.0370. The summed E-state index contributed by atoms with van der Waals surface area (Å²) in [5.41, 5.74) is -0.804. The van der Waals surface area contributed by atoms with Crippen molar-refractivity contribution in [1.82, 2.24) is 3.53 Å². The van der Waals surface area contributed by atoms with E-state index >= 15 is 0 Å². The van der Waals surface area contributed by atoms with Crippen LogP contribution in [0, 0.1) is 0 Å². The number of ether oxygens (including phenoxy) is 1. The molecule has 0 aromatic heterocycles. The molecule has 0 bridgehead atoms. The smallest absolute Gasteiger partial charge is 0.310 e. The normalized spacial score (nSPS) is 27.4.